The van der Waals surface area contributed by atoms with Gasteiger partial charge in [0.05, 0.1) is 10.6 Å². The lowest BCUT2D eigenvalue weighted by Gasteiger charge is -2.08. The number of nitro benzene ring substituents is 1. The van der Waals surface area contributed by atoms with Crippen LogP contribution in [-0.2, 0) is 0 Å². The van der Waals surface area contributed by atoms with Crippen molar-refractivity contribution in [1.82, 2.24) is 14.8 Å². The van der Waals surface area contributed by atoms with E-state index in [2.05, 4.69) is 15.4 Å². The molecular formula is C23H18ClN5O3. The Morgan fingerprint density at radius 2 is 1.78 bits per heavy atom. The molecule has 0 saturated heterocycles. The number of rotatable bonds is 5. The molecule has 8 nitrogen and oxygen atoms in total. The molecule has 4 rings (SSSR count). The van der Waals surface area contributed by atoms with Crippen molar-refractivity contribution < 1.29 is 9.72 Å². The molecule has 0 aliphatic heterocycles. The molecular weight excluding hydrogens is 430 g/mol. The van der Waals surface area contributed by atoms with Crippen LogP contribution >= 0.6 is 11.6 Å². The number of benzene rings is 3. The van der Waals surface area contributed by atoms with Crippen LogP contribution in [-0.4, -0.2) is 25.6 Å². The van der Waals surface area contributed by atoms with Gasteiger partial charge < -0.3 is 5.32 Å². The van der Waals surface area contributed by atoms with Crippen LogP contribution in [0.5, 0.6) is 0 Å². The number of anilines is 1. The molecule has 0 saturated carbocycles. The van der Waals surface area contributed by atoms with Gasteiger partial charge >= 0.3 is 0 Å². The summed E-state index contributed by atoms with van der Waals surface area (Å²) in [5.41, 5.74) is 3.83. The Kier molecular flexibility index (Phi) is 5.70. The molecule has 3 aromatic carbocycles. The fourth-order valence-corrected chi connectivity index (χ4v) is 3.24. The van der Waals surface area contributed by atoms with E-state index >= 15 is 0 Å². The van der Waals surface area contributed by atoms with Crippen molar-refractivity contribution >= 4 is 28.9 Å². The number of halogens is 1. The molecule has 0 unspecified atom stereocenters. The number of carbonyl (C=O) groups is 1. The van der Waals surface area contributed by atoms with Crippen LogP contribution in [0, 0.1) is 24.0 Å². The van der Waals surface area contributed by atoms with Crippen molar-refractivity contribution in [3.8, 4) is 17.1 Å². The van der Waals surface area contributed by atoms with Crippen LogP contribution < -0.4 is 5.32 Å². The largest absolute Gasteiger partial charge is 0.319 e. The molecule has 4 aromatic rings. The van der Waals surface area contributed by atoms with Crippen LogP contribution in [0.2, 0.25) is 5.02 Å². The third kappa shape index (κ3) is 4.35. The molecule has 32 heavy (non-hydrogen) atoms. The van der Waals surface area contributed by atoms with E-state index in [1.54, 1.807) is 35.0 Å². The predicted molar refractivity (Wildman–Crippen MR) is 122 cm³/mol. The summed E-state index contributed by atoms with van der Waals surface area (Å²) in [6.45, 7) is 4.01. The minimum Gasteiger partial charge on any atom is -0.319 e. The first-order valence-electron chi connectivity index (χ1n) is 9.68. The molecule has 1 amide bonds. The highest BCUT2D eigenvalue weighted by molar-refractivity contribution is 6.30. The molecule has 0 atom stereocenters. The molecule has 1 aromatic heterocycles. The van der Waals surface area contributed by atoms with Gasteiger partial charge in [0.15, 0.2) is 5.82 Å². The number of nitrogens with zero attached hydrogens (tertiary/aromatic N) is 4. The summed E-state index contributed by atoms with van der Waals surface area (Å²) in [6, 6.07) is 18.6. The molecule has 1 heterocycles. The Balaban J connectivity index is 1.75. The Hall–Kier alpha value is -4.04. The zero-order valence-electron chi connectivity index (χ0n) is 17.2. The maximum Gasteiger partial charge on any atom is 0.295 e. The normalized spacial score (nSPS) is 10.7. The van der Waals surface area contributed by atoms with E-state index in [1.807, 2.05) is 32.0 Å². The van der Waals surface area contributed by atoms with Crippen molar-refractivity contribution in [2.45, 2.75) is 13.8 Å². The molecule has 0 radical (unpaired) electrons. The maximum absolute atomic E-state index is 12.9. The second-order valence-electron chi connectivity index (χ2n) is 7.21. The minimum absolute atomic E-state index is 0.0697. The first-order chi connectivity index (χ1) is 15.3. The van der Waals surface area contributed by atoms with E-state index < -0.39 is 10.8 Å². The van der Waals surface area contributed by atoms with E-state index in [1.165, 1.54) is 18.2 Å². The van der Waals surface area contributed by atoms with Crippen LogP contribution in [0.1, 0.15) is 21.7 Å². The van der Waals surface area contributed by atoms with Gasteiger partial charge in [0, 0.05) is 28.4 Å². The van der Waals surface area contributed by atoms with Gasteiger partial charge in [-0.1, -0.05) is 23.7 Å². The summed E-state index contributed by atoms with van der Waals surface area (Å²) < 4.78 is 1.60. The summed E-state index contributed by atoms with van der Waals surface area (Å²) in [5.74, 6) is -0.183. The van der Waals surface area contributed by atoms with Crippen molar-refractivity contribution in [2.24, 2.45) is 0 Å². The monoisotopic (exact) mass is 447 g/mol. The fourth-order valence-electron chi connectivity index (χ4n) is 3.12. The number of non-ortho nitro benzene ring substituents is 1. The minimum atomic E-state index is -0.580. The van der Waals surface area contributed by atoms with Crippen LogP contribution in [0.3, 0.4) is 0 Å². The molecule has 160 valence electrons. The highest BCUT2D eigenvalue weighted by Crippen LogP contribution is 2.25. The van der Waals surface area contributed by atoms with Gasteiger partial charge in [-0.15, -0.1) is 5.10 Å². The SMILES string of the molecule is Cc1ccc(-n2nc(C(=O)Nc3cccc([N+](=O)[O-])c3)nc2-c2ccc(Cl)cc2)cc1C. The lowest BCUT2D eigenvalue weighted by molar-refractivity contribution is -0.384. The van der Waals surface area contributed by atoms with Gasteiger partial charge in [-0.2, -0.15) is 0 Å². The summed E-state index contributed by atoms with van der Waals surface area (Å²) in [5, 5.41) is 18.6. The standard InChI is InChI=1S/C23H18ClN5O3/c1-14-6-11-19(12-15(14)2)28-22(16-7-9-17(24)10-8-16)26-21(27-28)23(30)25-18-4-3-5-20(13-18)29(31)32/h3-13H,1-2H3,(H,25,30). The van der Waals surface area contributed by atoms with Crippen LogP contribution in [0.4, 0.5) is 11.4 Å². The molecule has 0 spiro atoms. The number of amides is 1. The first kappa shape index (κ1) is 21.2. The highest BCUT2D eigenvalue weighted by Gasteiger charge is 2.20. The predicted octanol–water partition coefficient (Wildman–Crippen LogP) is 5.37. The van der Waals surface area contributed by atoms with Gasteiger partial charge in [0.2, 0.25) is 5.82 Å². The van der Waals surface area contributed by atoms with Gasteiger partial charge in [0.1, 0.15) is 0 Å². The van der Waals surface area contributed by atoms with Crippen LogP contribution in [0.15, 0.2) is 66.7 Å². The fraction of sp³-hybridized carbons (Fsp3) is 0.0870. The van der Waals surface area contributed by atoms with Gasteiger partial charge in [0.25, 0.3) is 11.6 Å². The summed E-state index contributed by atoms with van der Waals surface area (Å²) >= 11 is 6.02. The quantitative estimate of drug-likeness (QED) is 0.327. The van der Waals surface area contributed by atoms with Crippen molar-refractivity contribution in [1.29, 1.82) is 0 Å². The number of carbonyl (C=O) groups excluding carboxylic acids is 1. The van der Waals surface area contributed by atoms with Crippen molar-refractivity contribution in [2.75, 3.05) is 5.32 Å². The van der Waals surface area contributed by atoms with Gasteiger partial charge in [-0.05, 0) is 67.4 Å². The van der Waals surface area contributed by atoms with E-state index in [4.69, 9.17) is 11.6 Å². The number of nitro groups is 1. The topological polar surface area (TPSA) is 103 Å². The van der Waals surface area contributed by atoms with E-state index in [-0.39, 0.29) is 17.2 Å². The first-order valence-corrected chi connectivity index (χ1v) is 10.1. The third-order valence-corrected chi connectivity index (χ3v) is 5.21. The smallest absolute Gasteiger partial charge is 0.295 e. The Bertz CT molecular complexity index is 1330. The Morgan fingerprint density at radius 3 is 2.47 bits per heavy atom. The molecule has 0 aliphatic rings. The summed E-state index contributed by atoms with van der Waals surface area (Å²) in [7, 11) is 0. The van der Waals surface area contributed by atoms with E-state index in [0.29, 0.717) is 10.8 Å². The molecule has 0 aliphatic carbocycles. The molecule has 9 heteroatoms. The summed E-state index contributed by atoms with van der Waals surface area (Å²) in [4.78, 5) is 27.8. The van der Waals surface area contributed by atoms with E-state index in [0.717, 1.165) is 22.4 Å². The van der Waals surface area contributed by atoms with Gasteiger partial charge in [-0.25, -0.2) is 9.67 Å². The molecule has 1 N–H and O–H groups in total. The van der Waals surface area contributed by atoms with Crippen molar-refractivity contribution in [3.05, 3.63) is 98.8 Å². The highest BCUT2D eigenvalue weighted by atomic mass is 35.5. The maximum atomic E-state index is 12.9. The zero-order chi connectivity index (χ0) is 22.8. The zero-order valence-corrected chi connectivity index (χ0v) is 18.0. The number of aromatic nitrogens is 3. The second-order valence-corrected chi connectivity index (χ2v) is 7.64. The second kappa shape index (κ2) is 8.60. The third-order valence-electron chi connectivity index (χ3n) is 4.96. The average Bonchev–Trinajstić information content (AvgIpc) is 3.22. The Labute approximate surface area is 188 Å². The lowest BCUT2D eigenvalue weighted by atomic mass is 10.1. The number of hydrogen-bond donors (Lipinski definition) is 1. The van der Waals surface area contributed by atoms with Crippen LogP contribution in [0.25, 0.3) is 17.1 Å². The van der Waals surface area contributed by atoms with Gasteiger partial charge in [-0.3, -0.25) is 14.9 Å². The number of aryl methyl sites for hydroxylation is 2. The summed E-state index contributed by atoms with van der Waals surface area (Å²) in [6.07, 6.45) is 0. The number of hydrogen-bond acceptors (Lipinski definition) is 5. The van der Waals surface area contributed by atoms with Crippen molar-refractivity contribution in [3.63, 3.8) is 0 Å². The Morgan fingerprint density at radius 1 is 1.03 bits per heavy atom. The molecule has 0 fully saturated rings. The van der Waals surface area contributed by atoms with E-state index in [9.17, 15) is 14.9 Å². The number of nitrogens with one attached hydrogen (secondary N) is 1. The average molecular weight is 448 g/mol. The molecule has 0 bridgehead atoms. The lowest BCUT2D eigenvalue weighted by Crippen LogP contribution is -2.14.